The molecule has 1 aliphatic rings. The summed E-state index contributed by atoms with van der Waals surface area (Å²) in [5.74, 6) is 0.00718. The number of carbonyl (C=O) groups is 1. The first-order valence-electron chi connectivity index (χ1n) is 7.63. The van der Waals surface area contributed by atoms with E-state index in [0.29, 0.717) is 18.8 Å². The van der Waals surface area contributed by atoms with E-state index in [1.54, 1.807) is 17.5 Å². The number of hydrogen-bond acceptors (Lipinski definition) is 5. The second-order valence-corrected chi connectivity index (χ2v) is 6.70. The van der Waals surface area contributed by atoms with Crippen LogP contribution in [0.5, 0.6) is 0 Å². The molecule has 2 aromatic rings. The van der Waals surface area contributed by atoms with E-state index in [2.05, 4.69) is 20.5 Å². The molecule has 0 atom stereocenters. The largest absolute Gasteiger partial charge is 0.334 e. The van der Waals surface area contributed by atoms with Gasteiger partial charge in [-0.1, -0.05) is 0 Å². The fourth-order valence-corrected chi connectivity index (χ4v) is 3.33. The topological polar surface area (TPSA) is 73.9 Å². The van der Waals surface area contributed by atoms with Gasteiger partial charge < -0.3 is 10.2 Å². The van der Waals surface area contributed by atoms with Crippen LogP contribution in [0.4, 0.5) is 0 Å². The van der Waals surface area contributed by atoms with Gasteiger partial charge in [0.15, 0.2) is 5.69 Å². The number of nitrogens with one attached hydrogen (secondary N) is 2. The molecular formula is C15H21N5OS. The van der Waals surface area contributed by atoms with Crippen molar-refractivity contribution in [3.63, 3.8) is 0 Å². The molecule has 22 heavy (non-hydrogen) atoms. The Morgan fingerprint density at radius 3 is 3.09 bits per heavy atom. The van der Waals surface area contributed by atoms with E-state index < -0.39 is 0 Å². The fourth-order valence-electron chi connectivity index (χ4n) is 2.72. The minimum Gasteiger partial charge on any atom is -0.334 e. The predicted molar refractivity (Wildman–Crippen MR) is 86.0 cm³/mol. The molecule has 3 rings (SSSR count). The van der Waals surface area contributed by atoms with Crippen molar-refractivity contribution in [2.45, 2.75) is 39.3 Å². The number of aromatic nitrogens is 3. The van der Waals surface area contributed by atoms with Crippen LogP contribution in [0.15, 0.2) is 11.6 Å². The van der Waals surface area contributed by atoms with Crippen LogP contribution in [0.1, 0.15) is 40.6 Å². The molecule has 0 unspecified atom stereocenters. The minimum atomic E-state index is 0.00718. The molecule has 7 heteroatoms. The quantitative estimate of drug-likeness (QED) is 0.878. The highest BCUT2D eigenvalue weighted by molar-refractivity contribution is 7.09. The summed E-state index contributed by atoms with van der Waals surface area (Å²) < 4.78 is 0. The van der Waals surface area contributed by atoms with Crippen LogP contribution < -0.4 is 5.32 Å². The Labute approximate surface area is 133 Å². The van der Waals surface area contributed by atoms with Gasteiger partial charge in [0.25, 0.3) is 5.91 Å². The average Bonchev–Trinajstić information content (AvgIpc) is 3.16. The van der Waals surface area contributed by atoms with Gasteiger partial charge >= 0.3 is 0 Å². The molecule has 0 radical (unpaired) electrons. The maximum absolute atomic E-state index is 12.9. The standard InChI is InChI=1S/C15H21N5OS/c1-10(2)20(7-4-13-17-6-8-22-13)15(21)14-11-9-16-5-3-12(11)18-19-14/h6,8,10,16H,3-5,7,9H2,1-2H3,(H,18,19). The number of aromatic amines is 1. The maximum Gasteiger partial charge on any atom is 0.274 e. The first-order valence-corrected chi connectivity index (χ1v) is 8.51. The lowest BCUT2D eigenvalue weighted by molar-refractivity contribution is 0.0700. The molecule has 0 aliphatic carbocycles. The molecule has 0 saturated carbocycles. The first-order chi connectivity index (χ1) is 10.7. The van der Waals surface area contributed by atoms with Gasteiger partial charge in [0.05, 0.1) is 5.01 Å². The lowest BCUT2D eigenvalue weighted by Gasteiger charge is -2.26. The zero-order valence-electron chi connectivity index (χ0n) is 12.9. The molecule has 0 bridgehead atoms. The van der Waals surface area contributed by atoms with Crippen LogP contribution in [0.25, 0.3) is 0 Å². The van der Waals surface area contributed by atoms with E-state index in [9.17, 15) is 4.79 Å². The molecule has 0 fully saturated rings. The summed E-state index contributed by atoms with van der Waals surface area (Å²) in [5.41, 5.74) is 2.68. The molecular weight excluding hydrogens is 298 g/mol. The van der Waals surface area contributed by atoms with Gasteiger partial charge in [0.1, 0.15) is 0 Å². The van der Waals surface area contributed by atoms with Gasteiger partial charge in [-0.2, -0.15) is 5.10 Å². The van der Waals surface area contributed by atoms with Gasteiger partial charge in [-0.15, -0.1) is 11.3 Å². The summed E-state index contributed by atoms with van der Waals surface area (Å²) in [5, 5.41) is 13.6. The van der Waals surface area contributed by atoms with Crippen LogP contribution in [0.3, 0.4) is 0 Å². The maximum atomic E-state index is 12.9. The minimum absolute atomic E-state index is 0.00718. The van der Waals surface area contributed by atoms with Crippen molar-refractivity contribution in [3.8, 4) is 0 Å². The average molecular weight is 319 g/mol. The number of fused-ring (bicyclic) bond motifs is 1. The number of thiazole rings is 1. The highest BCUT2D eigenvalue weighted by atomic mass is 32.1. The van der Waals surface area contributed by atoms with E-state index in [-0.39, 0.29) is 11.9 Å². The summed E-state index contributed by atoms with van der Waals surface area (Å²) in [6.07, 6.45) is 3.49. The Balaban J connectivity index is 1.76. The third-order valence-corrected chi connectivity index (χ3v) is 4.78. The monoisotopic (exact) mass is 319 g/mol. The van der Waals surface area contributed by atoms with Crippen LogP contribution in [0, 0.1) is 0 Å². The Kier molecular flexibility index (Phi) is 4.54. The van der Waals surface area contributed by atoms with Crippen molar-refractivity contribution in [1.29, 1.82) is 0 Å². The SMILES string of the molecule is CC(C)N(CCc1nccs1)C(=O)c1n[nH]c2c1CNCC2. The molecule has 3 heterocycles. The van der Waals surface area contributed by atoms with E-state index in [1.165, 1.54) is 0 Å². The van der Waals surface area contributed by atoms with Crippen molar-refractivity contribution in [3.05, 3.63) is 33.5 Å². The van der Waals surface area contributed by atoms with Crippen molar-refractivity contribution in [1.82, 2.24) is 25.4 Å². The van der Waals surface area contributed by atoms with Gasteiger partial charge in [-0.3, -0.25) is 9.89 Å². The zero-order chi connectivity index (χ0) is 15.5. The molecule has 1 aliphatic heterocycles. The van der Waals surface area contributed by atoms with Gasteiger partial charge in [0, 0.05) is 61.4 Å². The molecule has 0 spiro atoms. The zero-order valence-corrected chi connectivity index (χ0v) is 13.7. The fraction of sp³-hybridized carbons (Fsp3) is 0.533. The second kappa shape index (κ2) is 6.58. The normalized spacial score (nSPS) is 14.1. The highest BCUT2D eigenvalue weighted by Gasteiger charge is 2.26. The van der Waals surface area contributed by atoms with Crippen LogP contribution >= 0.6 is 11.3 Å². The summed E-state index contributed by atoms with van der Waals surface area (Å²) in [7, 11) is 0. The predicted octanol–water partition coefficient (Wildman–Crippen LogP) is 1.61. The summed E-state index contributed by atoms with van der Waals surface area (Å²) in [6.45, 7) is 6.39. The third-order valence-electron chi connectivity index (χ3n) is 3.94. The highest BCUT2D eigenvalue weighted by Crippen LogP contribution is 2.18. The number of amides is 1. The first kappa shape index (κ1) is 15.2. The Hall–Kier alpha value is -1.73. The number of nitrogens with zero attached hydrogens (tertiary/aromatic N) is 3. The number of H-pyrrole nitrogens is 1. The molecule has 1 amide bonds. The lowest BCUT2D eigenvalue weighted by atomic mass is 10.1. The molecule has 118 valence electrons. The lowest BCUT2D eigenvalue weighted by Crippen LogP contribution is -2.39. The smallest absolute Gasteiger partial charge is 0.274 e. The van der Waals surface area contributed by atoms with E-state index in [1.807, 2.05) is 24.1 Å². The molecule has 2 aromatic heterocycles. The Bertz CT molecular complexity index is 634. The molecule has 2 N–H and O–H groups in total. The van der Waals surface area contributed by atoms with Crippen LogP contribution in [-0.4, -0.2) is 45.1 Å². The van der Waals surface area contributed by atoms with E-state index in [0.717, 1.165) is 35.7 Å². The Morgan fingerprint density at radius 2 is 2.36 bits per heavy atom. The van der Waals surface area contributed by atoms with Crippen molar-refractivity contribution >= 4 is 17.2 Å². The van der Waals surface area contributed by atoms with Crippen molar-refractivity contribution < 1.29 is 4.79 Å². The van der Waals surface area contributed by atoms with Crippen molar-refractivity contribution in [2.24, 2.45) is 0 Å². The summed E-state index contributed by atoms with van der Waals surface area (Å²) in [4.78, 5) is 19.0. The van der Waals surface area contributed by atoms with Crippen LogP contribution in [0.2, 0.25) is 0 Å². The van der Waals surface area contributed by atoms with E-state index >= 15 is 0 Å². The summed E-state index contributed by atoms with van der Waals surface area (Å²) in [6, 6.07) is 0.136. The van der Waals surface area contributed by atoms with Gasteiger partial charge in [0.2, 0.25) is 0 Å². The van der Waals surface area contributed by atoms with Crippen molar-refractivity contribution in [2.75, 3.05) is 13.1 Å². The Morgan fingerprint density at radius 1 is 1.50 bits per heavy atom. The van der Waals surface area contributed by atoms with Gasteiger partial charge in [-0.05, 0) is 13.8 Å². The summed E-state index contributed by atoms with van der Waals surface area (Å²) >= 11 is 1.63. The number of rotatable bonds is 5. The number of carbonyl (C=O) groups excluding carboxylic acids is 1. The number of hydrogen-bond donors (Lipinski definition) is 2. The molecule has 0 aromatic carbocycles. The second-order valence-electron chi connectivity index (χ2n) is 5.72. The van der Waals surface area contributed by atoms with Gasteiger partial charge in [-0.25, -0.2) is 4.98 Å². The molecule has 0 saturated heterocycles. The van der Waals surface area contributed by atoms with E-state index in [4.69, 9.17) is 0 Å². The molecule has 6 nitrogen and oxygen atoms in total. The van der Waals surface area contributed by atoms with Crippen LogP contribution in [-0.2, 0) is 19.4 Å². The third kappa shape index (κ3) is 3.05.